The molecule has 30 heavy (non-hydrogen) atoms. The number of carbonyl (C=O) groups excluding carboxylic acids is 3. The summed E-state index contributed by atoms with van der Waals surface area (Å²) >= 11 is 0. The Balaban J connectivity index is 2.33. The van der Waals surface area contributed by atoms with E-state index < -0.39 is 35.6 Å². The van der Waals surface area contributed by atoms with Crippen LogP contribution in [0.4, 0.5) is 28.9 Å². The number of alkyl halides is 3. The van der Waals surface area contributed by atoms with E-state index in [4.69, 9.17) is 5.73 Å². The number of carbonyl (C=O) groups is 3. The van der Waals surface area contributed by atoms with Gasteiger partial charge >= 0.3 is 6.18 Å². The largest absolute Gasteiger partial charge is 0.408 e. The van der Waals surface area contributed by atoms with E-state index in [2.05, 4.69) is 5.32 Å². The van der Waals surface area contributed by atoms with E-state index in [0.29, 0.717) is 12.6 Å². The lowest BCUT2D eigenvalue weighted by atomic mass is 10.1. The second kappa shape index (κ2) is 8.17. The molecule has 1 aromatic carbocycles. The van der Waals surface area contributed by atoms with Gasteiger partial charge in [-0.1, -0.05) is 0 Å². The summed E-state index contributed by atoms with van der Waals surface area (Å²) in [5.74, 6) is -3.97. The van der Waals surface area contributed by atoms with Gasteiger partial charge in [-0.25, -0.2) is 4.39 Å². The summed E-state index contributed by atoms with van der Waals surface area (Å²) in [7, 11) is 1.41. The maximum Gasteiger partial charge on any atom is 0.408 e. The molecule has 0 aliphatic rings. The summed E-state index contributed by atoms with van der Waals surface area (Å²) in [5.41, 5.74) is 5.74. The Morgan fingerprint density at radius 3 is 2.30 bits per heavy atom. The molecule has 0 aliphatic heterocycles. The molecule has 7 nitrogen and oxygen atoms in total. The van der Waals surface area contributed by atoms with E-state index in [9.17, 15) is 31.9 Å². The fraction of sp³-hybridized carbons (Fsp3) is 0.316. The molecule has 0 spiro atoms. The van der Waals surface area contributed by atoms with Gasteiger partial charge in [0.1, 0.15) is 11.9 Å². The Bertz CT molecular complexity index is 1030. The number of hydrogen-bond acceptors (Lipinski definition) is 4. The molecule has 2 rings (SSSR count). The predicted octanol–water partition coefficient (Wildman–Crippen LogP) is 2.87. The third kappa shape index (κ3) is 4.44. The highest BCUT2D eigenvalue weighted by Gasteiger charge is 2.39. The monoisotopic (exact) mass is 428 g/mol. The van der Waals surface area contributed by atoms with Crippen molar-refractivity contribution in [2.45, 2.75) is 33.0 Å². The van der Waals surface area contributed by atoms with E-state index in [-0.39, 0.29) is 28.2 Å². The molecule has 0 unspecified atom stereocenters. The lowest BCUT2D eigenvalue weighted by molar-refractivity contribution is -0.156. The molecule has 0 saturated carbocycles. The number of rotatable bonds is 5. The van der Waals surface area contributed by atoms with Gasteiger partial charge in [-0.15, -0.1) is 0 Å². The third-order valence-corrected chi connectivity index (χ3v) is 4.67. The number of Topliss-reactive ketones (excluding diaryl/α,β-unsaturated/α-hetero) is 1. The van der Waals surface area contributed by atoms with Crippen molar-refractivity contribution in [2.75, 3.05) is 11.1 Å². The Hall–Kier alpha value is -3.37. The summed E-state index contributed by atoms with van der Waals surface area (Å²) in [5, 5.41) is 4.11. The van der Waals surface area contributed by atoms with Crippen LogP contribution in [0.15, 0.2) is 18.2 Å². The highest BCUT2D eigenvalue weighted by atomic mass is 19.4. The first-order chi connectivity index (χ1) is 13.8. The van der Waals surface area contributed by atoms with Gasteiger partial charge in [0.15, 0.2) is 0 Å². The number of ketones is 1. The molecule has 0 fully saturated rings. The molecule has 1 heterocycles. The second-order valence-corrected chi connectivity index (χ2v) is 6.75. The van der Waals surface area contributed by atoms with Crippen LogP contribution in [0.2, 0.25) is 0 Å². The molecule has 4 N–H and O–H groups in total. The molecule has 11 heteroatoms. The lowest BCUT2D eigenvalue weighted by Gasteiger charge is -2.16. The predicted molar refractivity (Wildman–Crippen MR) is 102 cm³/mol. The average Bonchev–Trinajstić information content (AvgIpc) is 2.85. The summed E-state index contributed by atoms with van der Waals surface area (Å²) in [6.07, 6.45) is -4.71. The molecular weight excluding hydrogens is 408 g/mol. The average molecular weight is 428 g/mol. The number of benzene rings is 1. The van der Waals surface area contributed by atoms with Gasteiger partial charge in [-0.3, -0.25) is 14.4 Å². The number of nitrogens with one attached hydrogen (secondary N) is 2. The highest BCUT2D eigenvalue weighted by Crippen LogP contribution is 2.25. The number of nitrogens with two attached hydrogens (primary N) is 1. The van der Waals surface area contributed by atoms with E-state index in [1.165, 1.54) is 37.6 Å². The molecule has 0 radical (unpaired) electrons. The number of halogens is 4. The van der Waals surface area contributed by atoms with Crippen LogP contribution in [0.25, 0.3) is 0 Å². The molecule has 0 bridgehead atoms. The highest BCUT2D eigenvalue weighted by molar-refractivity contribution is 6.43. The van der Waals surface area contributed by atoms with E-state index in [0.717, 1.165) is 6.07 Å². The van der Waals surface area contributed by atoms with Crippen molar-refractivity contribution in [3.63, 3.8) is 0 Å². The number of anilines is 2. The minimum absolute atomic E-state index is 0.0559. The van der Waals surface area contributed by atoms with Crippen molar-refractivity contribution in [3.8, 4) is 0 Å². The molecular formula is C19H20F4N4O3. The number of amides is 2. The first kappa shape index (κ1) is 22.9. The minimum atomic E-state index is -4.71. The fourth-order valence-corrected chi connectivity index (χ4v) is 2.90. The van der Waals surface area contributed by atoms with E-state index in [1.54, 1.807) is 5.32 Å². The number of nitrogen functional groups attached to an aromatic ring is 1. The molecule has 0 aliphatic carbocycles. The van der Waals surface area contributed by atoms with Crippen molar-refractivity contribution >= 4 is 29.0 Å². The zero-order valence-electron chi connectivity index (χ0n) is 16.6. The molecule has 1 aromatic heterocycles. The first-order valence-electron chi connectivity index (χ1n) is 8.69. The smallest absolute Gasteiger partial charge is 0.396 e. The Kier molecular flexibility index (Phi) is 6.24. The fourth-order valence-electron chi connectivity index (χ4n) is 2.90. The van der Waals surface area contributed by atoms with Crippen LogP contribution in [0.1, 0.15) is 39.0 Å². The van der Waals surface area contributed by atoms with Crippen LogP contribution in [0.3, 0.4) is 0 Å². The van der Waals surface area contributed by atoms with Gasteiger partial charge < -0.3 is 20.9 Å². The number of aromatic nitrogens is 1. The second-order valence-electron chi connectivity index (χ2n) is 6.75. The molecule has 0 saturated heterocycles. The van der Waals surface area contributed by atoms with Crippen LogP contribution >= 0.6 is 0 Å². The van der Waals surface area contributed by atoms with Crippen LogP contribution in [0, 0.1) is 19.7 Å². The Morgan fingerprint density at radius 2 is 1.77 bits per heavy atom. The van der Waals surface area contributed by atoms with Crippen LogP contribution in [0.5, 0.6) is 0 Å². The minimum Gasteiger partial charge on any atom is -0.396 e. The van der Waals surface area contributed by atoms with Crippen LogP contribution < -0.4 is 16.4 Å². The summed E-state index contributed by atoms with van der Waals surface area (Å²) in [6, 6.07) is 1.34. The Labute approximate surface area is 169 Å². The zero-order chi connectivity index (χ0) is 23.0. The van der Waals surface area contributed by atoms with Gasteiger partial charge in [0.2, 0.25) is 0 Å². The van der Waals surface area contributed by atoms with Crippen molar-refractivity contribution in [1.82, 2.24) is 9.88 Å². The number of hydrogen-bond donors (Lipinski definition) is 3. The van der Waals surface area contributed by atoms with Gasteiger partial charge in [0, 0.05) is 18.4 Å². The number of nitrogens with zero attached hydrogens (tertiary/aromatic N) is 1. The zero-order valence-corrected chi connectivity index (χ0v) is 16.6. The van der Waals surface area contributed by atoms with Gasteiger partial charge in [-0.05, 0) is 44.5 Å². The van der Waals surface area contributed by atoms with Crippen molar-refractivity contribution in [2.24, 2.45) is 7.05 Å². The maximum atomic E-state index is 13.3. The quantitative estimate of drug-likeness (QED) is 0.295. The first-order valence-corrected chi connectivity index (χ1v) is 8.69. The standard InChI is InChI=1S/C19H20F4N4O3/c1-8-14(17(29)26-11-5-6-12(20)13(24)7-11)9(2)27(4)15(8)16(28)18(30)25-10(3)19(21,22)23/h5-7,10H,24H2,1-4H3,(H,25,30)(H,26,29)/t10-/m0/s1. The normalized spacial score (nSPS) is 12.4. The van der Waals surface area contributed by atoms with Crippen LogP contribution in [-0.4, -0.2) is 34.4 Å². The molecule has 162 valence electrons. The van der Waals surface area contributed by atoms with Crippen molar-refractivity contribution < 1.29 is 31.9 Å². The van der Waals surface area contributed by atoms with Gasteiger partial charge in [-0.2, -0.15) is 13.2 Å². The van der Waals surface area contributed by atoms with Gasteiger partial charge in [0.25, 0.3) is 17.6 Å². The van der Waals surface area contributed by atoms with Crippen molar-refractivity contribution in [3.05, 3.63) is 46.5 Å². The van der Waals surface area contributed by atoms with E-state index in [1.807, 2.05) is 0 Å². The molecule has 2 amide bonds. The third-order valence-electron chi connectivity index (χ3n) is 4.67. The lowest BCUT2D eigenvalue weighted by Crippen LogP contribution is -2.46. The summed E-state index contributed by atoms with van der Waals surface area (Å²) < 4.78 is 52.5. The van der Waals surface area contributed by atoms with Crippen molar-refractivity contribution in [1.29, 1.82) is 0 Å². The summed E-state index contributed by atoms with van der Waals surface area (Å²) in [4.78, 5) is 37.2. The topological polar surface area (TPSA) is 106 Å². The van der Waals surface area contributed by atoms with Crippen LogP contribution in [-0.2, 0) is 11.8 Å². The van der Waals surface area contributed by atoms with Gasteiger partial charge in [0.05, 0.1) is 16.9 Å². The Morgan fingerprint density at radius 1 is 1.17 bits per heavy atom. The maximum absolute atomic E-state index is 13.3. The van der Waals surface area contributed by atoms with E-state index >= 15 is 0 Å². The molecule has 1 atom stereocenters. The summed E-state index contributed by atoms with van der Waals surface area (Å²) in [6.45, 7) is 3.62. The SMILES string of the molecule is Cc1c(C(=O)Nc2ccc(F)c(N)c2)c(C)n(C)c1C(=O)C(=O)N[C@@H](C)C(F)(F)F. The molecule has 2 aromatic rings.